The highest BCUT2D eigenvalue weighted by Gasteiger charge is 2.13. The largest absolute Gasteiger partial charge is 0.478 e. The van der Waals surface area contributed by atoms with E-state index in [1.54, 1.807) is 0 Å². The lowest BCUT2D eigenvalue weighted by molar-refractivity contribution is 0.0697. The lowest BCUT2D eigenvalue weighted by atomic mass is 10.2. The molecule has 6 nitrogen and oxygen atoms in total. The lowest BCUT2D eigenvalue weighted by Crippen LogP contribution is -2.00. The number of aromatic carboxylic acids is 1. The zero-order valence-corrected chi connectivity index (χ0v) is 9.69. The first-order chi connectivity index (χ1) is 7.85. The summed E-state index contributed by atoms with van der Waals surface area (Å²) >= 11 is 0. The van der Waals surface area contributed by atoms with Gasteiger partial charge in [0.15, 0.2) is 15.4 Å². The molecule has 1 aromatic carbocycles. The average molecular weight is 255 g/mol. The van der Waals surface area contributed by atoms with Crippen molar-refractivity contribution in [3.63, 3.8) is 0 Å². The van der Waals surface area contributed by atoms with Crippen LogP contribution < -0.4 is 0 Å². The van der Waals surface area contributed by atoms with Crippen molar-refractivity contribution in [3.05, 3.63) is 29.7 Å². The maximum Gasteiger partial charge on any atom is 0.335 e. The van der Waals surface area contributed by atoms with Crippen molar-refractivity contribution in [1.82, 2.24) is 4.98 Å². The fourth-order valence-electron chi connectivity index (χ4n) is 1.39. The predicted octanol–water partition coefficient (Wildman–Crippen LogP) is 1.07. The molecule has 2 aromatic rings. The molecule has 0 aliphatic heterocycles. The third kappa shape index (κ3) is 2.62. The van der Waals surface area contributed by atoms with E-state index < -0.39 is 15.8 Å². The van der Waals surface area contributed by atoms with Crippen molar-refractivity contribution in [1.29, 1.82) is 0 Å². The van der Waals surface area contributed by atoms with E-state index in [2.05, 4.69) is 4.98 Å². The topological polar surface area (TPSA) is 97.5 Å². The fourth-order valence-corrected chi connectivity index (χ4v) is 1.97. The van der Waals surface area contributed by atoms with Crippen LogP contribution in [0, 0.1) is 0 Å². The third-order valence-corrected chi connectivity index (χ3v) is 2.84. The molecule has 0 radical (unpaired) electrons. The number of hydrogen-bond donors (Lipinski definition) is 1. The number of hydrogen-bond acceptors (Lipinski definition) is 5. The Balaban J connectivity index is 2.47. The first-order valence-corrected chi connectivity index (χ1v) is 6.72. The van der Waals surface area contributed by atoms with Gasteiger partial charge in [0, 0.05) is 6.26 Å². The van der Waals surface area contributed by atoms with Crippen molar-refractivity contribution < 1.29 is 22.7 Å². The SMILES string of the molecule is CS(=O)(=O)Cc1nc2cc(C(=O)O)ccc2o1. The number of nitrogens with zero attached hydrogens (tertiary/aromatic N) is 1. The highest BCUT2D eigenvalue weighted by Crippen LogP contribution is 2.18. The molecule has 7 heteroatoms. The van der Waals surface area contributed by atoms with E-state index in [4.69, 9.17) is 9.52 Å². The maximum atomic E-state index is 11.1. The zero-order valence-electron chi connectivity index (χ0n) is 8.87. The molecule has 17 heavy (non-hydrogen) atoms. The highest BCUT2D eigenvalue weighted by molar-refractivity contribution is 7.89. The molecule has 0 aliphatic carbocycles. The number of sulfone groups is 1. The molecule has 0 aliphatic rings. The van der Waals surface area contributed by atoms with Crippen LogP contribution in [0.2, 0.25) is 0 Å². The second-order valence-corrected chi connectivity index (χ2v) is 5.81. The Bertz CT molecular complexity index is 686. The summed E-state index contributed by atoms with van der Waals surface area (Å²) in [7, 11) is -3.22. The number of carbonyl (C=O) groups is 1. The van der Waals surface area contributed by atoms with Gasteiger partial charge in [-0.15, -0.1) is 0 Å². The summed E-state index contributed by atoms with van der Waals surface area (Å²) in [6.07, 6.45) is 1.07. The van der Waals surface area contributed by atoms with E-state index in [1.165, 1.54) is 18.2 Å². The molecule has 2 rings (SSSR count). The molecular weight excluding hydrogens is 246 g/mol. The van der Waals surface area contributed by atoms with Crippen LogP contribution >= 0.6 is 0 Å². The first-order valence-electron chi connectivity index (χ1n) is 4.66. The van der Waals surface area contributed by atoms with Crippen LogP contribution in [0.1, 0.15) is 16.2 Å². The predicted molar refractivity (Wildman–Crippen MR) is 59.5 cm³/mol. The maximum absolute atomic E-state index is 11.1. The number of aromatic nitrogens is 1. The van der Waals surface area contributed by atoms with E-state index in [0.29, 0.717) is 11.1 Å². The molecule has 0 unspecified atom stereocenters. The van der Waals surface area contributed by atoms with Crippen LogP contribution in [-0.4, -0.2) is 30.7 Å². The van der Waals surface area contributed by atoms with Crippen LogP contribution in [0.15, 0.2) is 22.6 Å². The minimum Gasteiger partial charge on any atom is -0.478 e. The minimum absolute atomic E-state index is 0.0602. The molecule has 0 amide bonds. The summed E-state index contributed by atoms with van der Waals surface area (Å²) in [5, 5.41) is 8.78. The molecule has 0 bridgehead atoms. The summed E-state index contributed by atoms with van der Waals surface area (Å²) in [6.45, 7) is 0. The molecule has 0 atom stereocenters. The van der Waals surface area contributed by atoms with Crippen LogP contribution in [0.5, 0.6) is 0 Å². The summed E-state index contributed by atoms with van der Waals surface area (Å²) in [5.41, 5.74) is 0.786. The first kappa shape index (κ1) is 11.6. The van der Waals surface area contributed by atoms with Crippen LogP contribution in [0.4, 0.5) is 0 Å². The normalized spacial score (nSPS) is 11.8. The number of carboxylic acids is 1. The Kier molecular flexibility index (Phi) is 2.62. The quantitative estimate of drug-likeness (QED) is 0.881. The Morgan fingerprint density at radius 3 is 2.76 bits per heavy atom. The summed E-state index contributed by atoms with van der Waals surface area (Å²) in [6, 6.07) is 4.17. The van der Waals surface area contributed by atoms with Crippen LogP contribution in [-0.2, 0) is 15.6 Å². The van der Waals surface area contributed by atoms with Gasteiger partial charge in [-0.1, -0.05) is 0 Å². The van der Waals surface area contributed by atoms with Crippen molar-refractivity contribution in [2.45, 2.75) is 5.75 Å². The standard InChI is InChI=1S/C10H9NO5S/c1-17(14,15)5-9-11-7-4-6(10(12)13)2-3-8(7)16-9/h2-4H,5H2,1H3,(H,12,13). The van der Waals surface area contributed by atoms with Gasteiger partial charge in [-0.25, -0.2) is 18.2 Å². The number of benzene rings is 1. The summed E-state index contributed by atoms with van der Waals surface area (Å²) in [4.78, 5) is 14.7. The van der Waals surface area contributed by atoms with Gasteiger partial charge < -0.3 is 9.52 Å². The van der Waals surface area contributed by atoms with Crippen molar-refractivity contribution in [2.75, 3.05) is 6.26 Å². The molecule has 90 valence electrons. The van der Waals surface area contributed by atoms with E-state index in [0.717, 1.165) is 6.26 Å². The van der Waals surface area contributed by atoms with Gasteiger partial charge in [0.2, 0.25) is 5.89 Å². The van der Waals surface area contributed by atoms with Gasteiger partial charge >= 0.3 is 5.97 Å². The number of rotatable bonds is 3. The molecule has 0 saturated carbocycles. The van der Waals surface area contributed by atoms with Gasteiger partial charge in [0.1, 0.15) is 11.3 Å². The molecule has 0 saturated heterocycles. The Morgan fingerprint density at radius 1 is 1.47 bits per heavy atom. The van der Waals surface area contributed by atoms with Gasteiger partial charge in [-0.2, -0.15) is 0 Å². The zero-order chi connectivity index (χ0) is 12.6. The molecule has 0 spiro atoms. The van der Waals surface area contributed by atoms with Crippen molar-refractivity contribution >= 4 is 26.9 Å². The summed E-state index contributed by atoms with van der Waals surface area (Å²) in [5.74, 6) is -1.31. The van der Waals surface area contributed by atoms with Crippen LogP contribution in [0.3, 0.4) is 0 Å². The fraction of sp³-hybridized carbons (Fsp3) is 0.200. The summed E-state index contributed by atoms with van der Waals surface area (Å²) < 4.78 is 27.3. The van der Waals surface area contributed by atoms with Crippen molar-refractivity contribution in [2.24, 2.45) is 0 Å². The Morgan fingerprint density at radius 2 is 2.18 bits per heavy atom. The molecule has 0 fully saturated rings. The molecule has 1 aromatic heterocycles. The highest BCUT2D eigenvalue weighted by atomic mass is 32.2. The smallest absolute Gasteiger partial charge is 0.335 e. The third-order valence-electron chi connectivity index (χ3n) is 2.06. The van der Waals surface area contributed by atoms with Gasteiger partial charge in [0.25, 0.3) is 0 Å². The van der Waals surface area contributed by atoms with Crippen LogP contribution in [0.25, 0.3) is 11.1 Å². The Labute approximate surface area is 96.8 Å². The minimum atomic E-state index is -3.22. The number of fused-ring (bicyclic) bond motifs is 1. The molecule has 1 N–H and O–H groups in total. The van der Waals surface area contributed by atoms with Crippen molar-refractivity contribution in [3.8, 4) is 0 Å². The van der Waals surface area contributed by atoms with E-state index in [1.807, 2.05) is 0 Å². The molecular formula is C10H9NO5S. The van der Waals surface area contributed by atoms with E-state index in [9.17, 15) is 13.2 Å². The lowest BCUT2D eigenvalue weighted by Gasteiger charge is -1.91. The second-order valence-electron chi connectivity index (χ2n) is 3.67. The molecule has 1 heterocycles. The number of carboxylic acid groups (broad SMARTS) is 1. The number of oxazole rings is 1. The second kappa shape index (κ2) is 3.85. The van der Waals surface area contributed by atoms with Gasteiger partial charge in [0.05, 0.1) is 5.56 Å². The van der Waals surface area contributed by atoms with Gasteiger partial charge in [-0.05, 0) is 18.2 Å². The van der Waals surface area contributed by atoms with Gasteiger partial charge in [-0.3, -0.25) is 0 Å². The monoisotopic (exact) mass is 255 g/mol. The Hall–Kier alpha value is -1.89. The van der Waals surface area contributed by atoms with E-state index >= 15 is 0 Å². The van der Waals surface area contributed by atoms with E-state index in [-0.39, 0.29) is 17.2 Å². The average Bonchev–Trinajstić information content (AvgIpc) is 2.54.